The van der Waals surface area contributed by atoms with Gasteiger partial charge in [0.2, 0.25) is 0 Å². The second-order valence-electron chi connectivity index (χ2n) is 5.89. The van der Waals surface area contributed by atoms with Gasteiger partial charge in [0.15, 0.2) is 0 Å². The van der Waals surface area contributed by atoms with Crippen molar-refractivity contribution in [1.82, 2.24) is 0 Å². The lowest BCUT2D eigenvalue weighted by molar-refractivity contribution is -0.914. The summed E-state index contributed by atoms with van der Waals surface area (Å²) in [4.78, 5) is 3.73. The van der Waals surface area contributed by atoms with E-state index >= 15 is 0 Å². The van der Waals surface area contributed by atoms with Crippen LogP contribution >= 0.6 is 0 Å². The SMILES string of the molecule is COc1ccc(F)cc1C[NH+]1CCN(c2ccc(O)cc2)CC1. The number of halogens is 1. The minimum absolute atomic E-state index is 0.220. The number of nitrogens with one attached hydrogen (secondary N) is 1. The Labute approximate surface area is 135 Å². The van der Waals surface area contributed by atoms with E-state index in [-0.39, 0.29) is 11.6 Å². The molecule has 1 fully saturated rings. The Hall–Kier alpha value is -2.27. The molecular formula is C18H22FN2O2+. The maximum absolute atomic E-state index is 13.5. The van der Waals surface area contributed by atoms with Crippen LogP contribution in [0.25, 0.3) is 0 Å². The second kappa shape index (κ2) is 6.87. The van der Waals surface area contributed by atoms with Gasteiger partial charge in [0.05, 0.1) is 38.9 Å². The van der Waals surface area contributed by atoms with Crippen molar-refractivity contribution in [3.05, 3.63) is 53.8 Å². The fourth-order valence-corrected chi connectivity index (χ4v) is 3.08. The van der Waals surface area contributed by atoms with Crippen LogP contribution < -0.4 is 14.5 Å². The van der Waals surface area contributed by atoms with Crippen LogP contribution in [0.15, 0.2) is 42.5 Å². The van der Waals surface area contributed by atoms with Gasteiger partial charge in [-0.25, -0.2) is 4.39 Å². The maximum Gasteiger partial charge on any atom is 0.127 e. The van der Waals surface area contributed by atoms with E-state index in [0.717, 1.165) is 49.7 Å². The molecule has 0 radical (unpaired) electrons. The molecule has 3 rings (SSSR count). The van der Waals surface area contributed by atoms with Crippen molar-refractivity contribution in [1.29, 1.82) is 0 Å². The van der Waals surface area contributed by atoms with Crippen molar-refractivity contribution in [3.63, 3.8) is 0 Å². The minimum Gasteiger partial charge on any atom is -0.508 e. The van der Waals surface area contributed by atoms with Crippen molar-refractivity contribution in [2.75, 3.05) is 38.2 Å². The summed E-state index contributed by atoms with van der Waals surface area (Å²) in [6.07, 6.45) is 0. The number of anilines is 1. The standard InChI is InChI=1S/C18H21FN2O2/c1-23-18-7-2-15(19)12-14(18)13-20-8-10-21(11-9-20)16-3-5-17(22)6-4-16/h2-7,12,22H,8-11,13H2,1H3/p+1. The second-order valence-corrected chi connectivity index (χ2v) is 5.89. The average molecular weight is 317 g/mol. The topological polar surface area (TPSA) is 37.1 Å². The summed E-state index contributed by atoms with van der Waals surface area (Å²) < 4.78 is 18.8. The van der Waals surface area contributed by atoms with Crippen molar-refractivity contribution in [2.24, 2.45) is 0 Å². The summed E-state index contributed by atoms with van der Waals surface area (Å²) in [5.41, 5.74) is 2.05. The number of rotatable bonds is 4. The smallest absolute Gasteiger partial charge is 0.127 e. The van der Waals surface area contributed by atoms with Gasteiger partial charge in [-0.3, -0.25) is 0 Å². The summed E-state index contributed by atoms with van der Waals surface area (Å²) >= 11 is 0. The first kappa shape index (κ1) is 15.6. The number of hydrogen-bond acceptors (Lipinski definition) is 3. The van der Waals surface area contributed by atoms with Gasteiger partial charge in [-0.15, -0.1) is 0 Å². The average Bonchev–Trinajstić information content (AvgIpc) is 2.57. The maximum atomic E-state index is 13.5. The molecule has 1 saturated heterocycles. The van der Waals surface area contributed by atoms with Gasteiger partial charge >= 0.3 is 0 Å². The van der Waals surface area contributed by atoms with Crippen LogP contribution in [0.4, 0.5) is 10.1 Å². The molecule has 5 heteroatoms. The third kappa shape index (κ3) is 3.74. The van der Waals surface area contributed by atoms with Crippen molar-refractivity contribution in [2.45, 2.75) is 6.54 Å². The fraction of sp³-hybridized carbons (Fsp3) is 0.333. The Morgan fingerprint density at radius 2 is 1.83 bits per heavy atom. The normalized spacial score (nSPS) is 15.7. The molecule has 0 aliphatic carbocycles. The van der Waals surface area contributed by atoms with E-state index in [1.807, 2.05) is 12.1 Å². The van der Waals surface area contributed by atoms with E-state index < -0.39 is 0 Å². The molecule has 1 heterocycles. The number of piperazine rings is 1. The van der Waals surface area contributed by atoms with E-state index in [2.05, 4.69) is 4.90 Å². The minimum atomic E-state index is -0.220. The Morgan fingerprint density at radius 1 is 1.13 bits per heavy atom. The Kier molecular flexibility index (Phi) is 4.67. The van der Waals surface area contributed by atoms with Crippen LogP contribution in [0.2, 0.25) is 0 Å². The lowest BCUT2D eigenvalue weighted by Gasteiger charge is -2.33. The van der Waals surface area contributed by atoms with Crippen LogP contribution in [-0.4, -0.2) is 38.4 Å². The molecule has 2 aromatic carbocycles. The molecule has 1 aliphatic rings. The molecule has 0 bridgehead atoms. The summed E-state index contributed by atoms with van der Waals surface area (Å²) in [6.45, 7) is 4.63. The first-order valence-corrected chi connectivity index (χ1v) is 7.85. The quantitative estimate of drug-likeness (QED) is 0.896. The Bertz CT molecular complexity index is 653. The van der Waals surface area contributed by atoms with E-state index in [4.69, 9.17) is 4.74 Å². The molecule has 0 spiro atoms. The molecule has 0 amide bonds. The number of methoxy groups -OCH3 is 1. The van der Waals surface area contributed by atoms with Crippen LogP contribution in [0.5, 0.6) is 11.5 Å². The van der Waals surface area contributed by atoms with Gasteiger partial charge in [0.25, 0.3) is 0 Å². The van der Waals surface area contributed by atoms with Crippen molar-refractivity contribution in [3.8, 4) is 11.5 Å². The van der Waals surface area contributed by atoms with E-state index in [1.165, 1.54) is 11.0 Å². The zero-order valence-corrected chi connectivity index (χ0v) is 13.3. The first-order valence-electron chi connectivity index (χ1n) is 7.85. The number of benzene rings is 2. The highest BCUT2D eigenvalue weighted by Crippen LogP contribution is 2.20. The number of nitrogens with zero attached hydrogens (tertiary/aromatic N) is 1. The first-order chi connectivity index (χ1) is 11.2. The number of quaternary nitrogens is 1. The molecule has 0 saturated carbocycles. The predicted molar refractivity (Wildman–Crippen MR) is 87.7 cm³/mol. The van der Waals surface area contributed by atoms with Gasteiger partial charge in [-0.2, -0.15) is 0 Å². The Morgan fingerprint density at radius 3 is 2.48 bits per heavy atom. The van der Waals surface area contributed by atoms with Gasteiger partial charge in [-0.1, -0.05) is 0 Å². The number of aromatic hydroxyl groups is 1. The molecule has 2 aromatic rings. The lowest BCUT2D eigenvalue weighted by Crippen LogP contribution is -3.13. The summed E-state index contributed by atoms with van der Waals surface area (Å²) in [6, 6.07) is 12.0. The predicted octanol–water partition coefficient (Wildman–Crippen LogP) is 1.44. The molecule has 23 heavy (non-hydrogen) atoms. The van der Waals surface area contributed by atoms with E-state index in [1.54, 1.807) is 31.4 Å². The summed E-state index contributed by atoms with van der Waals surface area (Å²) in [7, 11) is 1.62. The lowest BCUT2D eigenvalue weighted by atomic mass is 10.1. The van der Waals surface area contributed by atoms with Crippen molar-refractivity contribution < 1.29 is 19.1 Å². The van der Waals surface area contributed by atoms with Crippen molar-refractivity contribution >= 4 is 5.69 Å². The highest BCUT2D eigenvalue weighted by atomic mass is 19.1. The van der Waals surface area contributed by atoms with Gasteiger partial charge in [0, 0.05) is 5.69 Å². The third-order valence-corrected chi connectivity index (χ3v) is 4.37. The molecule has 122 valence electrons. The number of ether oxygens (including phenoxy) is 1. The van der Waals surface area contributed by atoms with Crippen LogP contribution in [0.1, 0.15) is 5.56 Å². The molecule has 0 aromatic heterocycles. The summed E-state index contributed by atoms with van der Waals surface area (Å²) in [5.74, 6) is 0.819. The Balaban J connectivity index is 1.61. The van der Waals surface area contributed by atoms with Gasteiger partial charge < -0.3 is 19.6 Å². The largest absolute Gasteiger partial charge is 0.508 e. The molecule has 4 nitrogen and oxygen atoms in total. The molecule has 2 N–H and O–H groups in total. The highest BCUT2D eigenvalue weighted by Gasteiger charge is 2.21. The molecular weight excluding hydrogens is 295 g/mol. The molecule has 1 aliphatic heterocycles. The summed E-state index contributed by atoms with van der Waals surface area (Å²) in [5, 5.41) is 9.37. The number of phenols is 1. The van der Waals surface area contributed by atoms with Crippen LogP contribution in [0, 0.1) is 5.82 Å². The monoisotopic (exact) mass is 317 g/mol. The van der Waals surface area contributed by atoms with Gasteiger partial charge in [0.1, 0.15) is 23.9 Å². The third-order valence-electron chi connectivity index (χ3n) is 4.37. The zero-order chi connectivity index (χ0) is 16.2. The fourth-order valence-electron chi connectivity index (χ4n) is 3.08. The molecule has 0 atom stereocenters. The van der Waals surface area contributed by atoms with Crippen LogP contribution in [-0.2, 0) is 6.54 Å². The number of phenolic OH excluding ortho intramolecular Hbond substituents is 1. The van der Waals surface area contributed by atoms with Crippen LogP contribution in [0.3, 0.4) is 0 Å². The van der Waals surface area contributed by atoms with Gasteiger partial charge in [-0.05, 0) is 42.5 Å². The zero-order valence-electron chi connectivity index (χ0n) is 13.3. The van der Waals surface area contributed by atoms with E-state index in [9.17, 15) is 9.50 Å². The highest BCUT2D eigenvalue weighted by molar-refractivity contribution is 5.48. The van der Waals surface area contributed by atoms with E-state index in [0.29, 0.717) is 0 Å². The number of hydrogen-bond donors (Lipinski definition) is 2. The molecule has 0 unspecified atom stereocenters.